The van der Waals surface area contributed by atoms with E-state index in [1.165, 1.54) is 12.3 Å². The van der Waals surface area contributed by atoms with Crippen LogP contribution in [0.25, 0.3) is 0 Å². The normalized spacial score (nSPS) is 10.3. The quantitative estimate of drug-likeness (QED) is 0.880. The fourth-order valence-corrected chi connectivity index (χ4v) is 1.85. The summed E-state index contributed by atoms with van der Waals surface area (Å²) in [7, 11) is 3.48. The lowest BCUT2D eigenvalue weighted by atomic mass is 10.2. The molecule has 5 heteroatoms. The number of rotatable bonds is 6. The molecule has 2 rings (SSSR count). The minimum atomic E-state index is -0.365. The summed E-state index contributed by atoms with van der Waals surface area (Å²) in [6, 6.07) is 7.00. The van der Waals surface area contributed by atoms with Gasteiger partial charge >= 0.3 is 0 Å². The van der Waals surface area contributed by atoms with E-state index in [1.807, 2.05) is 25.2 Å². The van der Waals surface area contributed by atoms with Crippen LogP contribution < -0.4 is 14.8 Å². The maximum Gasteiger partial charge on any atom is 0.141 e. The van der Waals surface area contributed by atoms with E-state index in [2.05, 4.69) is 10.3 Å². The Morgan fingerprint density at radius 1 is 1.25 bits per heavy atom. The minimum absolute atomic E-state index is 0.272. The van der Waals surface area contributed by atoms with E-state index >= 15 is 0 Å². The van der Waals surface area contributed by atoms with Gasteiger partial charge in [-0.1, -0.05) is 0 Å². The van der Waals surface area contributed by atoms with Crippen LogP contribution in [-0.2, 0) is 13.2 Å². The van der Waals surface area contributed by atoms with Crippen molar-refractivity contribution in [3.63, 3.8) is 0 Å². The Hall–Kier alpha value is -2.14. The first-order valence-electron chi connectivity index (χ1n) is 6.26. The molecule has 0 radical (unpaired) electrons. The van der Waals surface area contributed by atoms with E-state index in [9.17, 15) is 4.39 Å². The minimum Gasteiger partial charge on any atom is -0.497 e. The van der Waals surface area contributed by atoms with E-state index in [-0.39, 0.29) is 12.4 Å². The number of pyridine rings is 1. The molecule has 0 saturated carbocycles. The molecular weight excluding hydrogens is 259 g/mol. The van der Waals surface area contributed by atoms with E-state index in [1.54, 1.807) is 13.3 Å². The molecule has 0 saturated heterocycles. The fraction of sp³-hybridized carbons (Fsp3) is 0.267. The Labute approximate surface area is 117 Å². The van der Waals surface area contributed by atoms with Gasteiger partial charge in [-0.3, -0.25) is 4.98 Å². The molecule has 0 spiro atoms. The number of ether oxygens (including phenoxy) is 2. The molecule has 1 N–H and O–H groups in total. The first-order chi connectivity index (χ1) is 9.72. The van der Waals surface area contributed by atoms with E-state index in [4.69, 9.17) is 9.47 Å². The first-order valence-corrected chi connectivity index (χ1v) is 6.26. The predicted molar refractivity (Wildman–Crippen MR) is 74.3 cm³/mol. The summed E-state index contributed by atoms with van der Waals surface area (Å²) < 4.78 is 24.0. The molecule has 0 amide bonds. The maximum atomic E-state index is 13.0. The number of aromatic nitrogens is 1. The topological polar surface area (TPSA) is 43.4 Å². The predicted octanol–water partition coefficient (Wildman–Crippen LogP) is 2.53. The maximum absolute atomic E-state index is 13.0. The molecule has 0 bridgehead atoms. The number of methoxy groups -OCH3 is 1. The largest absolute Gasteiger partial charge is 0.497 e. The zero-order valence-electron chi connectivity index (χ0n) is 11.5. The Bertz CT molecular complexity index is 576. The highest BCUT2D eigenvalue weighted by molar-refractivity contribution is 5.40. The first kappa shape index (κ1) is 14.3. The molecular formula is C15H17FN2O2. The molecule has 2 aromatic rings. The van der Waals surface area contributed by atoms with Crippen LogP contribution in [0, 0.1) is 5.82 Å². The average molecular weight is 276 g/mol. The summed E-state index contributed by atoms with van der Waals surface area (Å²) in [6.07, 6.45) is 2.76. The third kappa shape index (κ3) is 3.68. The van der Waals surface area contributed by atoms with Crippen LogP contribution in [0.2, 0.25) is 0 Å². The van der Waals surface area contributed by atoms with Crippen molar-refractivity contribution in [3.8, 4) is 11.5 Å². The molecule has 0 aliphatic carbocycles. The molecule has 4 nitrogen and oxygen atoms in total. The smallest absolute Gasteiger partial charge is 0.141 e. The Balaban J connectivity index is 2.12. The third-order valence-electron chi connectivity index (χ3n) is 2.79. The van der Waals surface area contributed by atoms with Crippen molar-refractivity contribution in [1.29, 1.82) is 0 Å². The van der Waals surface area contributed by atoms with Crippen molar-refractivity contribution in [1.82, 2.24) is 10.3 Å². The van der Waals surface area contributed by atoms with Crippen LogP contribution >= 0.6 is 0 Å². The molecule has 1 aromatic carbocycles. The van der Waals surface area contributed by atoms with Gasteiger partial charge in [0.25, 0.3) is 0 Å². The van der Waals surface area contributed by atoms with Crippen molar-refractivity contribution in [2.75, 3.05) is 14.2 Å². The van der Waals surface area contributed by atoms with Gasteiger partial charge in [0.05, 0.1) is 13.3 Å². The summed E-state index contributed by atoms with van der Waals surface area (Å²) in [5.74, 6) is 1.15. The number of halogens is 1. The van der Waals surface area contributed by atoms with Gasteiger partial charge in [0.15, 0.2) is 0 Å². The zero-order chi connectivity index (χ0) is 14.4. The average Bonchev–Trinajstić information content (AvgIpc) is 2.46. The van der Waals surface area contributed by atoms with Crippen molar-refractivity contribution in [2.24, 2.45) is 0 Å². The van der Waals surface area contributed by atoms with Gasteiger partial charge < -0.3 is 14.8 Å². The molecule has 0 fully saturated rings. The lowest BCUT2D eigenvalue weighted by Gasteiger charge is -2.12. The summed E-state index contributed by atoms with van der Waals surface area (Å²) in [5.41, 5.74) is 1.67. The van der Waals surface area contributed by atoms with Crippen LogP contribution in [-0.4, -0.2) is 19.1 Å². The molecule has 1 heterocycles. The van der Waals surface area contributed by atoms with Crippen LogP contribution in [0.1, 0.15) is 11.1 Å². The van der Waals surface area contributed by atoms with Gasteiger partial charge in [0.1, 0.15) is 23.9 Å². The van der Waals surface area contributed by atoms with Gasteiger partial charge in [-0.2, -0.15) is 0 Å². The third-order valence-corrected chi connectivity index (χ3v) is 2.79. The lowest BCUT2D eigenvalue weighted by molar-refractivity contribution is 0.300. The Morgan fingerprint density at radius 3 is 2.80 bits per heavy atom. The second-order valence-electron chi connectivity index (χ2n) is 4.30. The second-order valence-corrected chi connectivity index (χ2v) is 4.30. The number of nitrogens with one attached hydrogen (secondary N) is 1. The number of hydrogen-bond donors (Lipinski definition) is 1. The SMILES string of the molecule is CNCc1cc(OC)ccc1OCc1cncc(F)c1. The highest BCUT2D eigenvalue weighted by atomic mass is 19.1. The summed E-state index contributed by atoms with van der Waals surface area (Å²) in [4.78, 5) is 3.80. The van der Waals surface area contributed by atoms with Crippen LogP contribution in [0.4, 0.5) is 4.39 Å². The van der Waals surface area contributed by atoms with Crippen LogP contribution in [0.3, 0.4) is 0 Å². The zero-order valence-corrected chi connectivity index (χ0v) is 11.5. The van der Waals surface area contributed by atoms with Gasteiger partial charge in [-0.05, 0) is 31.3 Å². The number of nitrogens with zero attached hydrogens (tertiary/aromatic N) is 1. The molecule has 106 valence electrons. The second kappa shape index (κ2) is 6.86. The van der Waals surface area contributed by atoms with Gasteiger partial charge in [0, 0.05) is 23.9 Å². The lowest BCUT2D eigenvalue weighted by Crippen LogP contribution is -2.08. The van der Waals surface area contributed by atoms with Crippen LogP contribution in [0.15, 0.2) is 36.7 Å². The number of benzene rings is 1. The molecule has 20 heavy (non-hydrogen) atoms. The number of hydrogen-bond acceptors (Lipinski definition) is 4. The molecule has 1 aromatic heterocycles. The summed E-state index contributed by atoms with van der Waals surface area (Å²) in [5, 5.41) is 3.08. The monoisotopic (exact) mass is 276 g/mol. The van der Waals surface area contributed by atoms with Crippen molar-refractivity contribution < 1.29 is 13.9 Å². The summed E-state index contributed by atoms with van der Waals surface area (Å²) >= 11 is 0. The van der Waals surface area contributed by atoms with E-state index in [0.29, 0.717) is 12.1 Å². The van der Waals surface area contributed by atoms with Gasteiger partial charge in [0.2, 0.25) is 0 Å². The van der Waals surface area contributed by atoms with Crippen LogP contribution in [0.5, 0.6) is 11.5 Å². The highest BCUT2D eigenvalue weighted by Gasteiger charge is 2.06. The van der Waals surface area contributed by atoms with Crippen molar-refractivity contribution in [2.45, 2.75) is 13.2 Å². The van der Waals surface area contributed by atoms with Crippen molar-refractivity contribution >= 4 is 0 Å². The highest BCUT2D eigenvalue weighted by Crippen LogP contribution is 2.25. The molecule has 0 aliphatic heterocycles. The Morgan fingerprint density at radius 2 is 2.10 bits per heavy atom. The fourth-order valence-electron chi connectivity index (χ4n) is 1.85. The van der Waals surface area contributed by atoms with Gasteiger partial charge in [-0.15, -0.1) is 0 Å². The van der Waals surface area contributed by atoms with E-state index < -0.39 is 0 Å². The Kier molecular flexibility index (Phi) is 4.90. The standard InChI is InChI=1S/C15H17FN2O2/c1-17-8-12-6-14(19-2)3-4-15(12)20-10-11-5-13(16)9-18-7-11/h3-7,9,17H,8,10H2,1-2H3. The summed E-state index contributed by atoms with van der Waals surface area (Å²) in [6.45, 7) is 0.932. The van der Waals surface area contributed by atoms with Crippen molar-refractivity contribution in [3.05, 3.63) is 53.6 Å². The van der Waals surface area contributed by atoms with E-state index in [0.717, 1.165) is 17.1 Å². The molecule has 0 atom stereocenters. The molecule has 0 unspecified atom stereocenters. The van der Waals surface area contributed by atoms with Gasteiger partial charge in [-0.25, -0.2) is 4.39 Å². The molecule has 0 aliphatic rings.